The zero-order valence-electron chi connectivity index (χ0n) is 13.3. The Bertz CT molecular complexity index is 957. The summed E-state index contributed by atoms with van der Waals surface area (Å²) in [5.41, 5.74) is 1.46. The highest BCUT2D eigenvalue weighted by Gasteiger charge is 2.13. The summed E-state index contributed by atoms with van der Waals surface area (Å²) in [6.45, 7) is 3.87. The Morgan fingerprint density at radius 3 is 3.08 bits per heavy atom. The first-order chi connectivity index (χ1) is 12.2. The van der Waals surface area contributed by atoms with Gasteiger partial charge in [-0.2, -0.15) is 10.4 Å². The lowest BCUT2D eigenvalue weighted by atomic mass is 10.2. The molecule has 0 aliphatic heterocycles. The zero-order chi connectivity index (χ0) is 17.6. The fourth-order valence-corrected chi connectivity index (χ4v) is 2.37. The van der Waals surface area contributed by atoms with E-state index in [2.05, 4.69) is 22.1 Å². The van der Waals surface area contributed by atoms with Crippen LogP contribution in [0.5, 0.6) is 0 Å². The first kappa shape index (κ1) is 16.2. The Labute approximate surface area is 143 Å². The normalized spacial score (nSPS) is 10.8. The number of imidazole rings is 1. The third-order valence-electron chi connectivity index (χ3n) is 3.51. The Kier molecular flexibility index (Phi) is 4.72. The Balaban J connectivity index is 1.80. The second-order valence-corrected chi connectivity index (χ2v) is 5.14. The molecule has 1 amide bonds. The average Bonchev–Trinajstić information content (AvgIpc) is 3.22. The van der Waals surface area contributed by atoms with Gasteiger partial charge in [-0.3, -0.25) is 4.79 Å². The van der Waals surface area contributed by atoms with Gasteiger partial charge in [0.25, 0.3) is 0 Å². The highest BCUT2D eigenvalue weighted by molar-refractivity contribution is 5.82. The first-order valence-electron chi connectivity index (χ1n) is 7.57. The van der Waals surface area contributed by atoms with Crippen LogP contribution in [-0.2, 0) is 4.79 Å². The summed E-state index contributed by atoms with van der Waals surface area (Å²) in [6.07, 6.45) is 4.93. The van der Waals surface area contributed by atoms with E-state index in [0.29, 0.717) is 23.8 Å². The molecule has 0 saturated heterocycles. The number of carbonyl (C=O) groups is 1. The van der Waals surface area contributed by atoms with Gasteiger partial charge >= 0.3 is 0 Å². The molecule has 0 atom stereocenters. The van der Waals surface area contributed by atoms with Gasteiger partial charge in [0.2, 0.25) is 5.91 Å². The molecule has 0 aliphatic carbocycles. The second-order valence-electron chi connectivity index (χ2n) is 5.14. The van der Waals surface area contributed by atoms with Gasteiger partial charge in [-0.05, 0) is 18.2 Å². The summed E-state index contributed by atoms with van der Waals surface area (Å²) in [5.74, 6) is 0.878. The molecule has 1 aromatic carbocycles. The van der Waals surface area contributed by atoms with Crippen LogP contribution in [0.4, 0.5) is 0 Å². The number of para-hydroxylation sites is 1. The van der Waals surface area contributed by atoms with Crippen molar-refractivity contribution in [3.05, 3.63) is 48.4 Å². The molecule has 0 unspecified atom stereocenters. The van der Waals surface area contributed by atoms with Crippen molar-refractivity contribution in [2.45, 2.75) is 6.42 Å². The number of furan rings is 1. The lowest BCUT2D eigenvalue weighted by molar-refractivity contribution is -0.119. The van der Waals surface area contributed by atoms with Gasteiger partial charge in [0.15, 0.2) is 11.6 Å². The van der Waals surface area contributed by atoms with Crippen LogP contribution in [-0.4, -0.2) is 28.8 Å². The first-order valence-corrected chi connectivity index (χ1v) is 7.57. The molecule has 0 fully saturated rings. The fraction of sp³-hybridized carbons (Fsp3) is 0.111. The Hall–Kier alpha value is -3.66. The molecule has 2 aromatic heterocycles. The minimum atomic E-state index is -0.319. The van der Waals surface area contributed by atoms with Crippen molar-refractivity contribution >= 4 is 29.7 Å². The standard InChI is InChI=1S/C18H15N5O2/c1-20-23-14(16-11-13-5-2-3-6-15(13)25-16)12-22-17(23)7-4-10-21-18(24)8-9-19/h2-7,11-12H,1,8,10H2,(H,21,24). The number of nitrogens with one attached hydrogen (secondary N) is 1. The summed E-state index contributed by atoms with van der Waals surface area (Å²) in [7, 11) is 0. The van der Waals surface area contributed by atoms with Crippen molar-refractivity contribution in [3.63, 3.8) is 0 Å². The second kappa shape index (κ2) is 7.27. The minimum absolute atomic E-state index is 0.160. The van der Waals surface area contributed by atoms with Crippen LogP contribution in [0.2, 0.25) is 0 Å². The number of aromatic nitrogens is 2. The molecule has 0 radical (unpaired) electrons. The van der Waals surface area contributed by atoms with Crippen molar-refractivity contribution in [1.82, 2.24) is 15.0 Å². The van der Waals surface area contributed by atoms with E-state index in [4.69, 9.17) is 9.68 Å². The largest absolute Gasteiger partial charge is 0.454 e. The van der Waals surface area contributed by atoms with E-state index in [1.807, 2.05) is 30.3 Å². The smallest absolute Gasteiger partial charge is 0.234 e. The summed E-state index contributed by atoms with van der Waals surface area (Å²) < 4.78 is 7.39. The highest BCUT2D eigenvalue weighted by atomic mass is 16.3. The number of carbonyl (C=O) groups excluding carboxylic acids is 1. The predicted molar refractivity (Wildman–Crippen MR) is 94.7 cm³/mol. The van der Waals surface area contributed by atoms with E-state index in [1.165, 1.54) is 0 Å². The number of rotatable bonds is 6. The number of hydrogen-bond acceptors (Lipinski definition) is 5. The molecular formula is C18H15N5O2. The summed E-state index contributed by atoms with van der Waals surface area (Å²) in [6, 6.07) is 11.4. The van der Waals surface area contributed by atoms with E-state index >= 15 is 0 Å². The third-order valence-corrected chi connectivity index (χ3v) is 3.51. The highest BCUT2D eigenvalue weighted by Crippen LogP contribution is 2.28. The maximum atomic E-state index is 11.2. The number of fused-ring (bicyclic) bond motifs is 1. The van der Waals surface area contributed by atoms with Crippen LogP contribution in [0, 0.1) is 11.3 Å². The minimum Gasteiger partial charge on any atom is -0.454 e. The summed E-state index contributed by atoms with van der Waals surface area (Å²) >= 11 is 0. The lowest BCUT2D eigenvalue weighted by Crippen LogP contribution is -2.22. The molecule has 0 spiro atoms. The van der Waals surface area contributed by atoms with Gasteiger partial charge in [-0.1, -0.05) is 24.3 Å². The van der Waals surface area contributed by atoms with Crippen LogP contribution in [0.25, 0.3) is 28.5 Å². The van der Waals surface area contributed by atoms with Gasteiger partial charge in [-0.15, -0.1) is 0 Å². The van der Waals surface area contributed by atoms with Gasteiger partial charge < -0.3 is 9.73 Å². The van der Waals surface area contributed by atoms with Crippen molar-refractivity contribution < 1.29 is 9.21 Å². The maximum absolute atomic E-state index is 11.2. The molecule has 3 aromatic rings. The van der Waals surface area contributed by atoms with E-state index in [1.54, 1.807) is 29.1 Å². The summed E-state index contributed by atoms with van der Waals surface area (Å²) in [5, 5.41) is 16.0. The number of amides is 1. The molecule has 7 heteroatoms. The molecule has 0 aliphatic rings. The van der Waals surface area contributed by atoms with Gasteiger partial charge in [0, 0.05) is 18.6 Å². The topological polar surface area (TPSA) is 96.2 Å². The van der Waals surface area contributed by atoms with Crippen molar-refractivity contribution in [2.75, 3.05) is 6.54 Å². The fourth-order valence-electron chi connectivity index (χ4n) is 2.37. The van der Waals surface area contributed by atoms with Crippen molar-refractivity contribution in [3.8, 4) is 17.5 Å². The molecule has 1 N–H and O–H groups in total. The molecule has 0 saturated carbocycles. The average molecular weight is 333 g/mol. The SMILES string of the molecule is C=Nn1c(-c2cc3ccccc3o2)cnc1C=CCNC(=O)CC#N. The molecule has 25 heavy (non-hydrogen) atoms. The maximum Gasteiger partial charge on any atom is 0.234 e. The quantitative estimate of drug-likeness (QED) is 0.702. The molecule has 124 valence electrons. The predicted octanol–water partition coefficient (Wildman–Crippen LogP) is 2.80. The number of hydrogen-bond donors (Lipinski definition) is 1. The molecule has 3 rings (SSSR count). The zero-order valence-corrected chi connectivity index (χ0v) is 13.3. The van der Waals surface area contributed by atoms with E-state index in [-0.39, 0.29) is 12.3 Å². The lowest BCUT2D eigenvalue weighted by Gasteiger charge is -2.01. The van der Waals surface area contributed by atoms with Crippen molar-refractivity contribution in [2.24, 2.45) is 5.10 Å². The molecule has 7 nitrogen and oxygen atoms in total. The van der Waals surface area contributed by atoms with Gasteiger partial charge in [0.05, 0.1) is 12.3 Å². The molecular weight excluding hydrogens is 318 g/mol. The summed E-state index contributed by atoms with van der Waals surface area (Å²) in [4.78, 5) is 15.5. The van der Waals surface area contributed by atoms with Crippen molar-refractivity contribution in [1.29, 1.82) is 5.26 Å². The Morgan fingerprint density at radius 1 is 1.48 bits per heavy atom. The molecule has 2 heterocycles. The number of nitrogens with zero attached hydrogens (tertiary/aromatic N) is 4. The van der Waals surface area contributed by atoms with E-state index < -0.39 is 0 Å². The van der Waals surface area contributed by atoms with Crippen LogP contribution in [0.1, 0.15) is 12.2 Å². The van der Waals surface area contributed by atoms with Crippen LogP contribution >= 0.6 is 0 Å². The third kappa shape index (κ3) is 3.48. The molecule has 0 bridgehead atoms. The van der Waals surface area contributed by atoms with Crippen LogP contribution in [0.15, 0.2) is 52.1 Å². The van der Waals surface area contributed by atoms with E-state index in [9.17, 15) is 4.79 Å². The van der Waals surface area contributed by atoms with Gasteiger partial charge in [0.1, 0.15) is 17.7 Å². The number of benzene rings is 1. The monoisotopic (exact) mass is 333 g/mol. The van der Waals surface area contributed by atoms with Crippen LogP contribution in [0.3, 0.4) is 0 Å². The van der Waals surface area contributed by atoms with Gasteiger partial charge in [-0.25, -0.2) is 9.66 Å². The van der Waals surface area contributed by atoms with Crippen LogP contribution < -0.4 is 5.32 Å². The number of nitriles is 1. The Morgan fingerprint density at radius 2 is 2.32 bits per heavy atom. The van der Waals surface area contributed by atoms with E-state index in [0.717, 1.165) is 11.0 Å².